The molecule has 1 aromatic rings. The molecule has 0 aliphatic heterocycles. The molecular weight excluding hydrogens is 215 g/mol. The van der Waals surface area contributed by atoms with E-state index < -0.39 is 19.2 Å². The van der Waals surface area contributed by atoms with Gasteiger partial charge in [0, 0.05) is 5.30 Å². The van der Waals surface area contributed by atoms with Crippen LogP contribution >= 0.6 is 7.14 Å². The monoisotopic (exact) mass is 228 g/mol. The molecule has 0 spiro atoms. The minimum Gasteiger partial charge on any atom is -0.479 e. The van der Waals surface area contributed by atoms with Gasteiger partial charge in [-0.05, 0) is 18.9 Å². The Morgan fingerprint density at radius 1 is 1.27 bits per heavy atom. The SMILES string of the molecule is CP(C)(=O)c1ccc(C(O)C(=O)O)cc1. The molecule has 1 rings (SSSR count). The molecule has 0 bridgehead atoms. The average molecular weight is 228 g/mol. The highest BCUT2D eigenvalue weighted by Crippen LogP contribution is 2.34. The van der Waals surface area contributed by atoms with Gasteiger partial charge in [-0.15, -0.1) is 0 Å². The van der Waals surface area contributed by atoms with Gasteiger partial charge in [0.2, 0.25) is 0 Å². The molecule has 0 aromatic heterocycles. The lowest BCUT2D eigenvalue weighted by atomic mass is 10.1. The second-order valence-electron chi connectivity index (χ2n) is 3.68. The smallest absolute Gasteiger partial charge is 0.337 e. The van der Waals surface area contributed by atoms with Crippen LogP contribution in [0.25, 0.3) is 0 Å². The van der Waals surface area contributed by atoms with Gasteiger partial charge in [0.05, 0.1) is 0 Å². The lowest BCUT2D eigenvalue weighted by Gasteiger charge is -2.09. The molecular formula is C10H13O4P. The quantitative estimate of drug-likeness (QED) is 0.758. The Hall–Kier alpha value is -1.12. The second kappa shape index (κ2) is 4.17. The first-order chi connectivity index (χ1) is 6.82. The number of hydrogen-bond acceptors (Lipinski definition) is 3. The summed E-state index contributed by atoms with van der Waals surface area (Å²) in [6.07, 6.45) is -1.52. The van der Waals surface area contributed by atoms with E-state index in [-0.39, 0.29) is 0 Å². The van der Waals surface area contributed by atoms with Crippen LogP contribution in [-0.2, 0) is 9.36 Å². The minimum atomic E-state index is -2.32. The molecule has 5 heteroatoms. The lowest BCUT2D eigenvalue weighted by molar-refractivity contribution is -0.146. The average Bonchev–Trinajstić information content (AvgIpc) is 2.15. The van der Waals surface area contributed by atoms with Crippen LogP contribution in [0, 0.1) is 0 Å². The summed E-state index contributed by atoms with van der Waals surface area (Å²) in [5.41, 5.74) is 0.291. The Labute approximate surface area is 87.9 Å². The summed E-state index contributed by atoms with van der Waals surface area (Å²) < 4.78 is 11.7. The first-order valence-corrected chi connectivity index (χ1v) is 6.99. The third-order valence-corrected chi connectivity index (χ3v) is 3.61. The first kappa shape index (κ1) is 12.0. The molecule has 0 saturated heterocycles. The van der Waals surface area contributed by atoms with Crippen LogP contribution in [-0.4, -0.2) is 29.5 Å². The van der Waals surface area contributed by atoms with Crippen LogP contribution in [0.1, 0.15) is 11.7 Å². The van der Waals surface area contributed by atoms with E-state index in [1.165, 1.54) is 12.1 Å². The van der Waals surface area contributed by atoms with Crippen molar-refractivity contribution in [1.82, 2.24) is 0 Å². The van der Waals surface area contributed by atoms with Crippen LogP contribution < -0.4 is 5.30 Å². The highest BCUT2D eigenvalue weighted by molar-refractivity contribution is 7.70. The molecule has 0 fully saturated rings. The molecule has 1 unspecified atom stereocenters. The van der Waals surface area contributed by atoms with Crippen molar-refractivity contribution in [2.45, 2.75) is 6.10 Å². The fraction of sp³-hybridized carbons (Fsp3) is 0.300. The van der Waals surface area contributed by atoms with Crippen molar-refractivity contribution in [3.05, 3.63) is 29.8 Å². The van der Waals surface area contributed by atoms with Gasteiger partial charge in [-0.2, -0.15) is 0 Å². The summed E-state index contributed by atoms with van der Waals surface area (Å²) in [4.78, 5) is 10.5. The molecule has 82 valence electrons. The Kier molecular flexibility index (Phi) is 3.32. The van der Waals surface area contributed by atoms with Gasteiger partial charge in [0.25, 0.3) is 0 Å². The number of carboxylic acid groups (broad SMARTS) is 1. The molecule has 0 amide bonds. The lowest BCUT2D eigenvalue weighted by Crippen LogP contribution is -2.11. The molecule has 15 heavy (non-hydrogen) atoms. The van der Waals surface area contributed by atoms with Crippen molar-refractivity contribution < 1.29 is 19.6 Å². The Morgan fingerprint density at radius 2 is 1.73 bits per heavy atom. The first-order valence-electron chi connectivity index (χ1n) is 4.39. The van der Waals surface area contributed by atoms with E-state index >= 15 is 0 Å². The highest BCUT2D eigenvalue weighted by atomic mass is 31.2. The van der Waals surface area contributed by atoms with E-state index in [4.69, 9.17) is 5.11 Å². The maximum atomic E-state index is 11.7. The van der Waals surface area contributed by atoms with Gasteiger partial charge >= 0.3 is 5.97 Å². The van der Waals surface area contributed by atoms with Gasteiger partial charge < -0.3 is 14.8 Å². The van der Waals surface area contributed by atoms with Crippen molar-refractivity contribution in [3.8, 4) is 0 Å². The highest BCUT2D eigenvalue weighted by Gasteiger charge is 2.17. The summed E-state index contributed by atoms with van der Waals surface area (Å²) in [6, 6.07) is 6.13. The number of aliphatic hydroxyl groups excluding tert-OH is 1. The maximum Gasteiger partial charge on any atom is 0.337 e. The number of carboxylic acids is 1. The molecule has 1 aromatic carbocycles. The summed E-state index contributed by atoms with van der Waals surface area (Å²) in [5, 5.41) is 18.5. The number of aliphatic hydroxyl groups is 1. The molecule has 2 N–H and O–H groups in total. The largest absolute Gasteiger partial charge is 0.479 e. The van der Waals surface area contributed by atoms with E-state index in [9.17, 15) is 14.5 Å². The van der Waals surface area contributed by atoms with Crippen molar-refractivity contribution >= 4 is 18.4 Å². The minimum absolute atomic E-state index is 0.291. The zero-order chi connectivity index (χ0) is 11.6. The van der Waals surface area contributed by atoms with Gasteiger partial charge in [0.15, 0.2) is 6.10 Å². The maximum absolute atomic E-state index is 11.7. The fourth-order valence-electron chi connectivity index (χ4n) is 1.16. The van der Waals surface area contributed by atoms with Crippen LogP contribution in [0.15, 0.2) is 24.3 Å². The van der Waals surface area contributed by atoms with Crippen molar-refractivity contribution in [2.75, 3.05) is 13.3 Å². The van der Waals surface area contributed by atoms with Crippen LogP contribution in [0.4, 0.5) is 0 Å². The summed E-state index contributed by atoms with van der Waals surface area (Å²) in [7, 11) is -2.32. The third-order valence-electron chi connectivity index (χ3n) is 2.06. The van der Waals surface area contributed by atoms with Crippen LogP contribution in [0.3, 0.4) is 0 Å². The van der Waals surface area contributed by atoms with E-state index in [2.05, 4.69) is 0 Å². The number of rotatable bonds is 3. The predicted molar refractivity (Wildman–Crippen MR) is 58.1 cm³/mol. The molecule has 0 heterocycles. The van der Waals surface area contributed by atoms with Gasteiger partial charge in [-0.25, -0.2) is 4.79 Å². The molecule has 0 saturated carbocycles. The number of aliphatic carboxylic acids is 1. The van der Waals surface area contributed by atoms with Gasteiger partial charge in [0.1, 0.15) is 7.14 Å². The zero-order valence-corrected chi connectivity index (χ0v) is 9.44. The standard InChI is InChI=1S/C10H13O4P/c1-15(2,14)8-5-3-7(4-6-8)9(11)10(12)13/h3-6,9,11H,1-2H3,(H,12,13). The predicted octanol–water partition coefficient (Wildman–Crippen LogP) is 1.05. The van der Waals surface area contributed by atoms with Crippen LogP contribution in [0.2, 0.25) is 0 Å². The fourth-order valence-corrected chi connectivity index (χ4v) is 2.03. The second-order valence-corrected chi connectivity index (χ2v) is 6.90. The Bertz CT molecular complexity index is 404. The molecule has 0 aliphatic carbocycles. The van der Waals surface area contributed by atoms with Gasteiger partial charge in [-0.1, -0.05) is 24.3 Å². The van der Waals surface area contributed by atoms with Crippen molar-refractivity contribution in [3.63, 3.8) is 0 Å². The summed E-state index contributed by atoms with van der Waals surface area (Å²) in [6.45, 7) is 3.27. The summed E-state index contributed by atoms with van der Waals surface area (Å²) in [5.74, 6) is -1.29. The number of benzene rings is 1. The van der Waals surface area contributed by atoms with Crippen LogP contribution in [0.5, 0.6) is 0 Å². The number of carbonyl (C=O) groups is 1. The Balaban J connectivity index is 3.00. The zero-order valence-electron chi connectivity index (χ0n) is 8.54. The van der Waals surface area contributed by atoms with Crippen molar-refractivity contribution in [1.29, 1.82) is 0 Å². The topological polar surface area (TPSA) is 74.6 Å². The number of hydrogen-bond donors (Lipinski definition) is 2. The van der Waals surface area contributed by atoms with Crippen molar-refractivity contribution in [2.24, 2.45) is 0 Å². The Morgan fingerprint density at radius 3 is 2.07 bits per heavy atom. The molecule has 1 atom stereocenters. The molecule has 4 nitrogen and oxygen atoms in total. The molecule has 0 aliphatic rings. The normalized spacial score (nSPS) is 13.5. The third kappa shape index (κ3) is 2.91. The van der Waals surface area contributed by atoms with E-state index in [0.717, 1.165) is 0 Å². The van der Waals surface area contributed by atoms with E-state index in [1.54, 1.807) is 25.5 Å². The van der Waals surface area contributed by atoms with E-state index in [1.807, 2.05) is 0 Å². The van der Waals surface area contributed by atoms with E-state index in [0.29, 0.717) is 10.9 Å². The van der Waals surface area contributed by atoms with Gasteiger partial charge in [-0.3, -0.25) is 0 Å². The molecule has 0 radical (unpaired) electrons. The summed E-state index contributed by atoms with van der Waals surface area (Å²) >= 11 is 0.